The molecule has 0 radical (unpaired) electrons. The van der Waals surface area contributed by atoms with E-state index in [2.05, 4.69) is 0 Å². The standard InChI is InChI=1S/C20H22N2O7S/c1-21(11-13-5-7-16(27-2)17(9-13)28-3)19(23)12-29-20(24)14-6-8-18(30-4)15(10-14)22(25)26/h5-10H,11-12H2,1-4H3. The van der Waals surface area contributed by atoms with E-state index in [4.69, 9.17) is 14.2 Å². The molecule has 0 atom stereocenters. The minimum absolute atomic E-state index is 0.00911. The number of ether oxygens (including phenoxy) is 3. The van der Waals surface area contributed by atoms with Crippen molar-refractivity contribution in [1.29, 1.82) is 0 Å². The number of benzene rings is 2. The zero-order valence-electron chi connectivity index (χ0n) is 17.0. The summed E-state index contributed by atoms with van der Waals surface area (Å²) in [7, 11) is 4.63. The Hall–Kier alpha value is -3.27. The molecule has 2 aromatic carbocycles. The molecule has 2 rings (SSSR count). The van der Waals surface area contributed by atoms with Crippen LogP contribution in [0.3, 0.4) is 0 Å². The predicted molar refractivity (Wildman–Crippen MR) is 111 cm³/mol. The highest BCUT2D eigenvalue weighted by Crippen LogP contribution is 2.29. The maximum absolute atomic E-state index is 12.3. The number of nitrogens with zero attached hydrogens (tertiary/aromatic N) is 2. The molecule has 0 aliphatic rings. The van der Waals surface area contributed by atoms with Crippen LogP contribution in [0.2, 0.25) is 0 Å². The summed E-state index contributed by atoms with van der Waals surface area (Å²) in [6.45, 7) is -0.217. The molecule has 1 amide bonds. The van der Waals surface area contributed by atoms with Gasteiger partial charge < -0.3 is 19.1 Å². The van der Waals surface area contributed by atoms with E-state index >= 15 is 0 Å². The second-order valence-corrected chi connectivity index (χ2v) is 7.01. The molecule has 0 fully saturated rings. The highest BCUT2D eigenvalue weighted by molar-refractivity contribution is 7.98. The van der Waals surface area contributed by atoms with E-state index in [-0.39, 0.29) is 17.8 Å². The minimum atomic E-state index is -0.807. The number of carbonyl (C=O) groups excluding carboxylic acids is 2. The van der Waals surface area contributed by atoms with Gasteiger partial charge >= 0.3 is 5.97 Å². The van der Waals surface area contributed by atoms with E-state index in [0.717, 1.165) is 11.6 Å². The quantitative estimate of drug-likeness (QED) is 0.256. The van der Waals surface area contributed by atoms with Gasteiger partial charge in [-0.3, -0.25) is 14.9 Å². The number of likely N-dealkylation sites (N-methyl/N-ethyl adjacent to an activating group) is 1. The Morgan fingerprint density at radius 2 is 1.80 bits per heavy atom. The normalized spacial score (nSPS) is 10.3. The predicted octanol–water partition coefficient (Wildman–Crippen LogP) is 3.15. The lowest BCUT2D eigenvalue weighted by Gasteiger charge is -2.18. The monoisotopic (exact) mass is 434 g/mol. The Morgan fingerprint density at radius 1 is 1.10 bits per heavy atom. The van der Waals surface area contributed by atoms with Crippen molar-refractivity contribution >= 4 is 29.3 Å². The number of rotatable bonds is 9. The average Bonchev–Trinajstić information content (AvgIpc) is 2.76. The number of hydrogen-bond acceptors (Lipinski definition) is 8. The van der Waals surface area contributed by atoms with Gasteiger partial charge in [-0.25, -0.2) is 4.79 Å². The largest absolute Gasteiger partial charge is 0.493 e. The van der Waals surface area contributed by atoms with Crippen molar-refractivity contribution < 1.29 is 28.7 Å². The van der Waals surface area contributed by atoms with Crippen molar-refractivity contribution in [3.63, 3.8) is 0 Å². The zero-order chi connectivity index (χ0) is 22.3. The smallest absolute Gasteiger partial charge is 0.338 e. The second kappa shape index (κ2) is 10.5. The fourth-order valence-electron chi connectivity index (χ4n) is 2.62. The third-order valence-electron chi connectivity index (χ3n) is 4.23. The molecular weight excluding hydrogens is 412 g/mol. The summed E-state index contributed by atoms with van der Waals surface area (Å²) in [6, 6.07) is 9.33. The van der Waals surface area contributed by atoms with Crippen molar-refractivity contribution in [2.45, 2.75) is 11.4 Å². The van der Waals surface area contributed by atoms with Gasteiger partial charge in [-0.2, -0.15) is 0 Å². The average molecular weight is 434 g/mol. The topological polar surface area (TPSA) is 108 Å². The Bertz CT molecular complexity index is 949. The molecule has 0 heterocycles. The summed E-state index contributed by atoms with van der Waals surface area (Å²) in [5, 5.41) is 11.1. The van der Waals surface area contributed by atoms with Crippen LogP contribution in [-0.4, -0.2) is 55.8 Å². The van der Waals surface area contributed by atoms with Crippen molar-refractivity contribution in [3.05, 3.63) is 57.6 Å². The van der Waals surface area contributed by atoms with E-state index < -0.39 is 23.4 Å². The van der Waals surface area contributed by atoms with Gasteiger partial charge in [0.2, 0.25) is 0 Å². The first kappa shape index (κ1) is 23.0. The molecule has 0 saturated heterocycles. The van der Waals surface area contributed by atoms with Crippen LogP contribution in [0, 0.1) is 10.1 Å². The second-order valence-electron chi connectivity index (χ2n) is 6.16. The van der Waals surface area contributed by atoms with Crippen LogP contribution in [0.15, 0.2) is 41.3 Å². The maximum Gasteiger partial charge on any atom is 0.338 e. The van der Waals surface area contributed by atoms with E-state index in [1.165, 1.54) is 43.0 Å². The van der Waals surface area contributed by atoms with Crippen LogP contribution < -0.4 is 9.47 Å². The fraction of sp³-hybridized carbons (Fsp3) is 0.300. The molecule has 10 heteroatoms. The zero-order valence-corrected chi connectivity index (χ0v) is 17.9. The fourth-order valence-corrected chi connectivity index (χ4v) is 3.17. The molecule has 0 aliphatic heterocycles. The molecule has 0 N–H and O–H groups in total. The number of methoxy groups -OCH3 is 2. The summed E-state index contributed by atoms with van der Waals surface area (Å²) in [5.41, 5.74) is 0.627. The molecule has 2 aromatic rings. The summed E-state index contributed by atoms with van der Waals surface area (Å²) < 4.78 is 15.5. The Morgan fingerprint density at radius 3 is 2.40 bits per heavy atom. The van der Waals surface area contributed by atoms with Gasteiger partial charge in [-0.05, 0) is 36.1 Å². The first-order valence-electron chi connectivity index (χ1n) is 8.75. The summed E-state index contributed by atoms with van der Waals surface area (Å²) in [5.74, 6) is -0.115. The number of carbonyl (C=O) groups is 2. The summed E-state index contributed by atoms with van der Waals surface area (Å²) >= 11 is 1.20. The number of nitro benzene ring substituents is 1. The number of amides is 1. The van der Waals surface area contributed by atoms with Gasteiger partial charge in [0.15, 0.2) is 18.1 Å². The van der Waals surface area contributed by atoms with E-state index in [9.17, 15) is 19.7 Å². The molecule has 160 valence electrons. The van der Waals surface area contributed by atoms with Gasteiger partial charge in [-0.1, -0.05) is 6.07 Å². The van der Waals surface area contributed by atoms with Gasteiger partial charge in [0.05, 0.1) is 29.6 Å². The first-order valence-corrected chi connectivity index (χ1v) is 9.97. The molecule has 0 bridgehead atoms. The van der Waals surface area contributed by atoms with Crippen LogP contribution in [0.4, 0.5) is 5.69 Å². The van der Waals surface area contributed by atoms with Gasteiger partial charge in [0.25, 0.3) is 11.6 Å². The van der Waals surface area contributed by atoms with Gasteiger partial charge in [0.1, 0.15) is 0 Å². The molecule has 0 spiro atoms. The lowest BCUT2D eigenvalue weighted by molar-refractivity contribution is -0.387. The lowest BCUT2D eigenvalue weighted by atomic mass is 10.2. The Labute approximate surface area is 178 Å². The molecular formula is C20H22N2O7S. The molecule has 9 nitrogen and oxygen atoms in total. The molecule has 0 unspecified atom stereocenters. The molecule has 0 saturated carbocycles. The number of esters is 1. The van der Waals surface area contributed by atoms with E-state index in [0.29, 0.717) is 16.4 Å². The van der Waals surface area contributed by atoms with Crippen LogP contribution in [0.5, 0.6) is 11.5 Å². The number of hydrogen-bond donors (Lipinski definition) is 0. The van der Waals surface area contributed by atoms with Crippen molar-refractivity contribution in [1.82, 2.24) is 4.90 Å². The highest BCUT2D eigenvalue weighted by Gasteiger charge is 2.19. The molecule has 0 aliphatic carbocycles. The number of nitro groups is 1. The van der Waals surface area contributed by atoms with Crippen LogP contribution in [-0.2, 0) is 16.1 Å². The maximum atomic E-state index is 12.3. The van der Waals surface area contributed by atoms with Crippen molar-refractivity contribution in [2.24, 2.45) is 0 Å². The van der Waals surface area contributed by atoms with E-state index in [1.807, 2.05) is 0 Å². The van der Waals surface area contributed by atoms with Crippen molar-refractivity contribution in [3.8, 4) is 11.5 Å². The van der Waals surface area contributed by atoms with Gasteiger partial charge in [0, 0.05) is 19.7 Å². The molecule has 30 heavy (non-hydrogen) atoms. The highest BCUT2D eigenvalue weighted by atomic mass is 32.2. The van der Waals surface area contributed by atoms with Crippen LogP contribution in [0.1, 0.15) is 15.9 Å². The minimum Gasteiger partial charge on any atom is -0.493 e. The summed E-state index contributed by atoms with van der Waals surface area (Å²) in [6.07, 6.45) is 1.70. The Balaban J connectivity index is 1.99. The molecule has 0 aromatic heterocycles. The Kier molecular flexibility index (Phi) is 8.05. The van der Waals surface area contributed by atoms with Gasteiger partial charge in [-0.15, -0.1) is 11.8 Å². The van der Waals surface area contributed by atoms with Crippen LogP contribution >= 0.6 is 11.8 Å². The van der Waals surface area contributed by atoms with Crippen molar-refractivity contribution in [2.75, 3.05) is 34.1 Å². The SMILES string of the molecule is COc1ccc(CN(C)C(=O)COC(=O)c2ccc(SC)c([N+](=O)[O-])c2)cc1OC. The lowest BCUT2D eigenvalue weighted by Crippen LogP contribution is -2.30. The van der Waals surface area contributed by atoms with Crippen LogP contribution in [0.25, 0.3) is 0 Å². The summed E-state index contributed by atoms with van der Waals surface area (Å²) in [4.78, 5) is 36.9. The number of thioether (sulfide) groups is 1. The third-order valence-corrected chi connectivity index (χ3v) is 5.02. The van der Waals surface area contributed by atoms with E-state index in [1.54, 1.807) is 31.5 Å². The third kappa shape index (κ3) is 5.63. The first-order chi connectivity index (χ1) is 14.3.